The fourth-order valence-corrected chi connectivity index (χ4v) is 13.7. The van der Waals surface area contributed by atoms with Gasteiger partial charge in [-0.15, -0.1) is 11.3 Å². The number of benzene rings is 11. The van der Waals surface area contributed by atoms with Crippen molar-refractivity contribution >= 4 is 53.4 Å². The highest BCUT2D eigenvalue weighted by molar-refractivity contribution is 7.25. The van der Waals surface area contributed by atoms with Crippen LogP contribution in [0.25, 0.3) is 132 Å². The lowest BCUT2D eigenvalue weighted by atomic mass is 9.70. The van der Waals surface area contributed by atoms with Gasteiger partial charge >= 0.3 is 0 Å². The molecule has 0 saturated carbocycles. The Morgan fingerprint density at radius 1 is 0.280 bits per heavy atom. The largest absolute Gasteiger partial charge is 0.456 e. The molecule has 5 heteroatoms. The lowest BCUT2D eigenvalue weighted by Gasteiger charge is -2.30. The molecule has 0 N–H and O–H groups in total. The fourth-order valence-electron chi connectivity index (χ4n) is 12.6. The van der Waals surface area contributed by atoms with E-state index in [2.05, 4.69) is 231 Å². The molecular formula is C70H41N3OS. The van der Waals surface area contributed by atoms with Crippen LogP contribution in [0.2, 0.25) is 0 Å². The first-order chi connectivity index (χ1) is 37.2. The van der Waals surface area contributed by atoms with Gasteiger partial charge in [0.15, 0.2) is 17.5 Å². The van der Waals surface area contributed by atoms with Crippen molar-refractivity contribution in [2.45, 2.75) is 5.41 Å². The number of hydrogen-bond acceptors (Lipinski definition) is 5. The van der Waals surface area contributed by atoms with E-state index in [1.165, 1.54) is 70.4 Å². The summed E-state index contributed by atoms with van der Waals surface area (Å²) in [4.78, 5) is 16.2. The van der Waals surface area contributed by atoms with E-state index in [9.17, 15) is 0 Å². The number of nitrogens with zero attached hydrogens (tertiary/aromatic N) is 3. The summed E-state index contributed by atoms with van der Waals surface area (Å²) in [6.45, 7) is 0. The third-order valence-electron chi connectivity index (χ3n) is 15.8. The van der Waals surface area contributed by atoms with Gasteiger partial charge in [0.2, 0.25) is 0 Å². The van der Waals surface area contributed by atoms with E-state index in [-0.39, 0.29) is 5.41 Å². The summed E-state index contributed by atoms with van der Waals surface area (Å²) in [5.41, 5.74) is 21.3. The molecule has 11 aromatic carbocycles. The molecule has 2 aliphatic rings. The zero-order valence-electron chi connectivity index (χ0n) is 40.3. The van der Waals surface area contributed by atoms with Gasteiger partial charge in [0.05, 0.1) is 5.41 Å². The molecule has 0 amide bonds. The third kappa shape index (κ3) is 6.19. The van der Waals surface area contributed by atoms with Crippen LogP contribution in [-0.4, -0.2) is 15.0 Å². The van der Waals surface area contributed by atoms with Crippen LogP contribution < -0.4 is 0 Å². The summed E-state index contributed by atoms with van der Waals surface area (Å²) in [5.74, 6) is 1.82. The molecule has 3 aromatic heterocycles. The van der Waals surface area contributed by atoms with Gasteiger partial charge in [0.1, 0.15) is 11.2 Å². The molecule has 14 aromatic rings. The zero-order valence-corrected chi connectivity index (χ0v) is 41.1. The molecule has 0 radical (unpaired) electrons. The Bertz CT molecular complexity index is 4600. The fraction of sp³-hybridized carbons (Fsp3) is 0.0143. The van der Waals surface area contributed by atoms with Gasteiger partial charge < -0.3 is 4.42 Å². The van der Waals surface area contributed by atoms with Crippen LogP contribution >= 0.6 is 11.3 Å². The Morgan fingerprint density at radius 2 is 0.760 bits per heavy atom. The van der Waals surface area contributed by atoms with Gasteiger partial charge in [-0.25, -0.2) is 15.0 Å². The first-order valence-corrected chi connectivity index (χ1v) is 26.3. The van der Waals surface area contributed by atoms with Crippen LogP contribution in [0, 0.1) is 0 Å². The molecule has 0 bridgehead atoms. The highest BCUT2D eigenvalue weighted by Crippen LogP contribution is 2.63. The van der Waals surface area contributed by atoms with Crippen LogP contribution in [-0.2, 0) is 5.41 Å². The highest BCUT2D eigenvalue weighted by Gasteiger charge is 2.51. The lowest BCUT2D eigenvalue weighted by molar-refractivity contribution is 0.669. The summed E-state index contributed by atoms with van der Waals surface area (Å²) in [5, 5.41) is 4.31. The van der Waals surface area contributed by atoms with Crippen molar-refractivity contribution in [1.82, 2.24) is 15.0 Å². The Balaban J connectivity index is 0.825. The lowest BCUT2D eigenvalue weighted by Crippen LogP contribution is -2.25. The van der Waals surface area contributed by atoms with Crippen molar-refractivity contribution in [2.75, 3.05) is 0 Å². The van der Waals surface area contributed by atoms with E-state index in [0.717, 1.165) is 66.3 Å². The second-order valence-electron chi connectivity index (χ2n) is 19.7. The molecule has 1 spiro atoms. The molecule has 348 valence electrons. The van der Waals surface area contributed by atoms with Gasteiger partial charge in [0.25, 0.3) is 0 Å². The second-order valence-corrected chi connectivity index (χ2v) is 20.8. The minimum atomic E-state index is -0.388. The minimum Gasteiger partial charge on any atom is -0.456 e. The summed E-state index contributed by atoms with van der Waals surface area (Å²) in [6.07, 6.45) is 0. The molecule has 16 rings (SSSR count). The van der Waals surface area contributed by atoms with Gasteiger partial charge in [-0.2, -0.15) is 0 Å². The predicted octanol–water partition coefficient (Wildman–Crippen LogP) is 18.5. The molecule has 75 heavy (non-hydrogen) atoms. The summed E-state index contributed by atoms with van der Waals surface area (Å²) in [7, 11) is 0. The molecular weight excluding hydrogens is 931 g/mol. The van der Waals surface area contributed by atoms with Crippen LogP contribution in [0.3, 0.4) is 0 Å². The van der Waals surface area contributed by atoms with E-state index < -0.39 is 0 Å². The zero-order chi connectivity index (χ0) is 49.2. The van der Waals surface area contributed by atoms with Crippen molar-refractivity contribution in [3.63, 3.8) is 0 Å². The Labute approximate surface area is 436 Å². The quantitative estimate of drug-likeness (QED) is 0.167. The second kappa shape index (κ2) is 16.2. The SMILES string of the molecule is c1ccc(-c2ccccc2-c2nc(-c3cccc4oc5ccc(-c6ccc(-c7ccc8c(c7)C7(c9ccccc9-c9ccccc97)c7ccccc7-8)cc6)cc5c34)nc(-c3cccc4sc5ccccc5c34)n2)cc1. The van der Waals surface area contributed by atoms with Crippen molar-refractivity contribution in [3.8, 4) is 89.8 Å². The van der Waals surface area contributed by atoms with Crippen molar-refractivity contribution in [1.29, 1.82) is 0 Å². The van der Waals surface area contributed by atoms with Crippen LogP contribution in [0.1, 0.15) is 22.3 Å². The standard InChI is InChI=1S/C70H41N3OS/c1-2-16-44(17-3-1)47-18-4-5-22-52(47)67-71-68(73-69(72-67)55-25-15-31-64-66(55)53-23-9-13-30-63(53)75-64)54-24-14-29-62-65(54)56-40-45(37-39-61(56)74-62)42-32-34-43(35-33-42)46-36-38-51-50-21-8-12-28-59(50)70(60(51)41-46)57-26-10-6-19-48(57)49-20-7-11-27-58(49)70/h1-41H. The maximum absolute atomic E-state index is 6.66. The van der Waals surface area contributed by atoms with Crippen molar-refractivity contribution in [2.24, 2.45) is 0 Å². The average molecular weight is 972 g/mol. The van der Waals surface area contributed by atoms with E-state index >= 15 is 0 Å². The van der Waals surface area contributed by atoms with Crippen LogP contribution in [0.5, 0.6) is 0 Å². The number of rotatable bonds is 6. The topological polar surface area (TPSA) is 51.8 Å². The number of hydrogen-bond donors (Lipinski definition) is 0. The van der Waals surface area contributed by atoms with Gasteiger partial charge in [0, 0.05) is 47.6 Å². The van der Waals surface area contributed by atoms with Crippen molar-refractivity contribution in [3.05, 3.63) is 271 Å². The molecule has 0 fully saturated rings. The number of thiophene rings is 1. The average Bonchev–Trinajstić information content (AvgIpc) is 4.40. The molecule has 0 atom stereocenters. The van der Waals surface area contributed by atoms with Crippen LogP contribution in [0.4, 0.5) is 0 Å². The van der Waals surface area contributed by atoms with E-state index in [0.29, 0.717) is 17.5 Å². The Hall–Kier alpha value is -9.55. The van der Waals surface area contributed by atoms with Gasteiger partial charge in [-0.05, 0) is 114 Å². The van der Waals surface area contributed by atoms with E-state index in [1.54, 1.807) is 11.3 Å². The Morgan fingerprint density at radius 3 is 1.44 bits per heavy atom. The molecule has 0 unspecified atom stereocenters. The normalized spacial score (nSPS) is 12.9. The summed E-state index contributed by atoms with van der Waals surface area (Å²) >= 11 is 1.79. The smallest absolute Gasteiger partial charge is 0.164 e. The monoisotopic (exact) mass is 971 g/mol. The molecule has 3 heterocycles. The molecule has 2 aliphatic carbocycles. The number of furan rings is 1. The van der Waals surface area contributed by atoms with E-state index in [1.807, 2.05) is 18.2 Å². The van der Waals surface area contributed by atoms with Crippen molar-refractivity contribution < 1.29 is 4.42 Å². The molecule has 4 nitrogen and oxygen atoms in total. The Kier molecular flexibility index (Phi) is 9.09. The predicted molar refractivity (Wildman–Crippen MR) is 309 cm³/mol. The van der Waals surface area contributed by atoms with Gasteiger partial charge in [-0.3, -0.25) is 0 Å². The maximum Gasteiger partial charge on any atom is 0.164 e. The maximum atomic E-state index is 6.66. The summed E-state index contributed by atoms with van der Waals surface area (Å²) in [6, 6.07) is 89.7. The summed E-state index contributed by atoms with van der Waals surface area (Å²) < 4.78 is 9.08. The number of aromatic nitrogens is 3. The molecule has 0 aliphatic heterocycles. The minimum absolute atomic E-state index is 0.388. The highest BCUT2D eigenvalue weighted by atomic mass is 32.1. The molecule has 0 saturated heterocycles. The van der Waals surface area contributed by atoms with E-state index in [4.69, 9.17) is 19.4 Å². The first kappa shape index (κ1) is 42.0. The van der Waals surface area contributed by atoms with Gasteiger partial charge in [-0.1, -0.05) is 212 Å². The first-order valence-electron chi connectivity index (χ1n) is 25.5. The van der Waals surface area contributed by atoms with Crippen LogP contribution in [0.15, 0.2) is 253 Å². The third-order valence-corrected chi connectivity index (χ3v) is 17.0. The number of fused-ring (bicyclic) bond motifs is 16.